The summed E-state index contributed by atoms with van der Waals surface area (Å²) >= 11 is 3.73. The molecule has 4 fully saturated rings. The average Bonchev–Trinajstić information content (AvgIpc) is 2.76. The van der Waals surface area contributed by atoms with Crippen molar-refractivity contribution in [1.29, 1.82) is 0 Å². The van der Waals surface area contributed by atoms with Crippen LogP contribution < -0.4 is 14.8 Å². The molecule has 4 aliphatic carbocycles. The van der Waals surface area contributed by atoms with E-state index in [1.54, 1.807) is 7.11 Å². The van der Waals surface area contributed by atoms with Gasteiger partial charge in [0, 0.05) is 12.6 Å². The highest BCUT2D eigenvalue weighted by Gasteiger charge is 2.52. The normalized spacial score (nSPS) is 29.2. The van der Waals surface area contributed by atoms with Crippen LogP contribution in [0.5, 0.6) is 11.5 Å². The summed E-state index contributed by atoms with van der Waals surface area (Å²) in [7, 11) is 1.72. The Morgan fingerprint density at radius 2 is 1.62 bits per heavy atom. The van der Waals surface area contributed by atoms with Crippen molar-refractivity contribution in [3.63, 3.8) is 0 Å². The monoisotopic (exact) mass is 497 g/mol. The first kappa shape index (κ1) is 22.3. The SMILES string of the molecule is COc1cc(CNC(C)C23CC4CC(CC(C4)C2)C3)cc(Br)c1OCc1ccc(C)cc1. The van der Waals surface area contributed by atoms with E-state index in [-0.39, 0.29) is 0 Å². The maximum atomic E-state index is 6.14. The standard InChI is InChI=1S/C28H36BrNO2/c1-18-4-6-20(7-5-18)17-32-27-25(29)11-24(12-26(27)31-3)16-30-19(2)28-13-21-8-22(14-28)10-23(9-21)15-28/h4-7,11-12,19,21-23,30H,8-10,13-17H2,1-3H3. The minimum absolute atomic E-state index is 0.521. The van der Waals surface area contributed by atoms with Crippen molar-refractivity contribution >= 4 is 15.9 Å². The minimum Gasteiger partial charge on any atom is -0.493 e. The number of hydrogen-bond donors (Lipinski definition) is 1. The van der Waals surface area contributed by atoms with Crippen LogP contribution in [-0.2, 0) is 13.2 Å². The number of nitrogens with one attached hydrogen (secondary N) is 1. The lowest BCUT2D eigenvalue weighted by molar-refractivity contribution is -0.0706. The smallest absolute Gasteiger partial charge is 0.175 e. The molecule has 2 aromatic rings. The van der Waals surface area contributed by atoms with E-state index in [0.717, 1.165) is 45.8 Å². The predicted octanol–water partition coefficient (Wildman–Crippen LogP) is 7.04. The van der Waals surface area contributed by atoms with Crippen LogP contribution in [0.3, 0.4) is 0 Å². The second-order valence-electron chi connectivity index (χ2n) is 10.8. The Morgan fingerprint density at radius 1 is 1.00 bits per heavy atom. The van der Waals surface area contributed by atoms with E-state index in [1.807, 2.05) is 0 Å². The summed E-state index contributed by atoms with van der Waals surface area (Å²) in [5, 5.41) is 3.90. The maximum Gasteiger partial charge on any atom is 0.175 e. The fraction of sp³-hybridized carbons (Fsp3) is 0.571. The third-order valence-corrected chi connectivity index (χ3v) is 9.00. The van der Waals surface area contributed by atoms with Gasteiger partial charge in [-0.2, -0.15) is 0 Å². The third-order valence-electron chi connectivity index (χ3n) is 8.41. The zero-order valence-electron chi connectivity index (χ0n) is 19.6. The average molecular weight is 499 g/mol. The molecule has 4 saturated carbocycles. The molecule has 32 heavy (non-hydrogen) atoms. The van der Waals surface area contributed by atoms with Gasteiger partial charge in [-0.1, -0.05) is 29.8 Å². The van der Waals surface area contributed by atoms with Gasteiger partial charge in [0.25, 0.3) is 0 Å². The first-order chi connectivity index (χ1) is 15.4. The Balaban J connectivity index is 1.24. The van der Waals surface area contributed by atoms with Crippen molar-refractivity contribution in [3.05, 3.63) is 57.6 Å². The van der Waals surface area contributed by atoms with Gasteiger partial charge in [0.1, 0.15) is 6.61 Å². The lowest BCUT2D eigenvalue weighted by atomic mass is 9.48. The first-order valence-corrected chi connectivity index (χ1v) is 13.0. The molecular weight excluding hydrogens is 462 g/mol. The van der Waals surface area contributed by atoms with Crippen LogP contribution in [0.15, 0.2) is 40.9 Å². The molecule has 2 aromatic carbocycles. The molecule has 0 radical (unpaired) electrons. The molecule has 0 saturated heterocycles. The third kappa shape index (κ3) is 4.46. The van der Waals surface area contributed by atoms with Crippen LogP contribution in [0.1, 0.15) is 62.1 Å². The van der Waals surface area contributed by atoms with E-state index in [2.05, 4.69) is 71.5 Å². The zero-order valence-corrected chi connectivity index (χ0v) is 21.2. The first-order valence-electron chi connectivity index (χ1n) is 12.2. The number of aryl methyl sites for hydroxylation is 1. The van der Waals surface area contributed by atoms with E-state index in [4.69, 9.17) is 9.47 Å². The van der Waals surface area contributed by atoms with Crippen molar-refractivity contribution in [2.24, 2.45) is 23.2 Å². The van der Waals surface area contributed by atoms with Crippen LogP contribution in [0.2, 0.25) is 0 Å². The lowest BCUT2D eigenvalue weighted by Crippen LogP contribution is -2.54. The number of rotatable bonds is 8. The highest BCUT2D eigenvalue weighted by molar-refractivity contribution is 9.10. The molecule has 0 heterocycles. The molecule has 0 amide bonds. The van der Waals surface area contributed by atoms with Gasteiger partial charge in [0.05, 0.1) is 11.6 Å². The molecule has 1 N–H and O–H groups in total. The molecule has 0 aliphatic heterocycles. The van der Waals surface area contributed by atoms with Gasteiger partial charge in [-0.3, -0.25) is 0 Å². The molecule has 4 bridgehead atoms. The van der Waals surface area contributed by atoms with E-state index in [1.165, 1.54) is 49.7 Å². The van der Waals surface area contributed by atoms with E-state index in [9.17, 15) is 0 Å². The summed E-state index contributed by atoms with van der Waals surface area (Å²) in [6, 6.07) is 13.3. The van der Waals surface area contributed by atoms with Crippen LogP contribution >= 0.6 is 15.9 Å². The largest absolute Gasteiger partial charge is 0.493 e. The highest BCUT2D eigenvalue weighted by atomic mass is 79.9. The van der Waals surface area contributed by atoms with Crippen molar-refractivity contribution in [2.75, 3.05) is 7.11 Å². The van der Waals surface area contributed by atoms with Gasteiger partial charge < -0.3 is 14.8 Å². The molecule has 0 aromatic heterocycles. The minimum atomic E-state index is 0.521. The van der Waals surface area contributed by atoms with Crippen LogP contribution in [0.4, 0.5) is 0 Å². The molecule has 3 nitrogen and oxygen atoms in total. The fourth-order valence-electron chi connectivity index (χ4n) is 7.05. The van der Waals surface area contributed by atoms with E-state index < -0.39 is 0 Å². The summed E-state index contributed by atoms with van der Waals surface area (Å²) in [4.78, 5) is 0. The van der Waals surface area contributed by atoms with Crippen LogP contribution in [-0.4, -0.2) is 13.2 Å². The molecule has 172 valence electrons. The molecule has 0 spiro atoms. The Bertz CT molecular complexity index is 919. The molecule has 4 aliphatic rings. The molecule has 6 rings (SSSR count). The number of methoxy groups -OCH3 is 1. The predicted molar refractivity (Wildman–Crippen MR) is 133 cm³/mol. The highest BCUT2D eigenvalue weighted by Crippen LogP contribution is 2.61. The van der Waals surface area contributed by atoms with Gasteiger partial charge in [-0.05, 0) is 115 Å². The summed E-state index contributed by atoms with van der Waals surface area (Å²) in [6.45, 7) is 5.91. The second kappa shape index (κ2) is 9.02. The number of halogens is 1. The second-order valence-corrected chi connectivity index (χ2v) is 11.6. The molecule has 4 heteroatoms. The van der Waals surface area contributed by atoms with Crippen LogP contribution in [0, 0.1) is 30.1 Å². The fourth-order valence-corrected chi connectivity index (χ4v) is 7.65. The molecule has 1 atom stereocenters. The van der Waals surface area contributed by atoms with Gasteiger partial charge in [-0.15, -0.1) is 0 Å². The Kier molecular flexibility index (Phi) is 6.28. The summed E-state index contributed by atoms with van der Waals surface area (Å²) in [6.07, 6.45) is 8.81. The molecule has 1 unspecified atom stereocenters. The maximum absolute atomic E-state index is 6.14. The zero-order chi connectivity index (χ0) is 22.3. The number of ether oxygens (including phenoxy) is 2. The summed E-state index contributed by atoms with van der Waals surface area (Å²) < 4.78 is 12.8. The molecular formula is C28H36BrNO2. The Hall–Kier alpha value is -1.52. The van der Waals surface area contributed by atoms with Crippen molar-refractivity contribution < 1.29 is 9.47 Å². The number of hydrogen-bond acceptors (Lipinski definition) is 3. The van der Waals surface area contributed by atoms with Gasteiger partial charge >= 0.3 is 0 Å². The summed E-state index contributed by atoms with van der Waals surface area (Å²) in [5.41, 5.74) is 4.16. The van der Waals surface area contributed by atoms with Crippen molar-refractivity contribution in [1.82, 2.24) is 5.32 Å². The van der Waals surface area contributed by atoms with E-state index >= 15 is 0 Å². The van der Waals surface area contributed by atoms with Crippen LogP contribution in [0.25, 0.3) is 0 Å². The van der Waals surface area contributed by atoms with Gasteiger partial charge in [-0.25, -0.2) is 0 Å². The number of benzene rings is 2. The van der Waals surface area contributed by atoms with Crippen molar-refractivity contribution in [2.45, 2.75) is 71.6 Å². The Morgan fingerprint density at radius 3 is 2.22 bits per heavy atom. The van der Waals surface area contributed by atoms with Crippen molar-refractivity contribution in [3.8, 4) is 11.5 Å². The quantitative estimate of drug-likeness (QED) is 0.424. The lowest BCUT2D eigenvalue weighted by Gasteiger charge is -2.59. The van der Waals surface area contributed by atoms with Gasteiger partial charge in [0.2, 0.25) is 0 Å². The van der Waals surface area contributed by atoms with E-state index in [0.29, 0.717) is 18.1 Å². The Labute approximate surface area is 201 Å². The van der Waals surface area contributed by atoms with Gasteiger partial charge in [0.15, 0.2) is 11.5 Å². The topological polar surface area (TPSA) is 30.5 Å². The summed E-state index contributed by atoms with van der Waals surface area (Å²) in [5.74, 6) is 4.52.